The quantitative estimate of drug-likeness (QED) is 0.770. The van der Waals surface area contributed by atoms with Gasteiger partial charge in [0, 0.05) is 7.11 Å². The summed E-state index contributed by atoms with van der Waals surface area (Å²) in [5.74, 6) is 0. The van der Waals surface area contributed by atoms with E-state index in [-0.39, 0.29) is 11.6 Å². The van der Waals surface area contributed by atoms with Gasteiger partial charge in [0.05, 0.1) is 11.6 Å². The van der Waals surface area contributed by atoms with Gasteiger partial charge in [0.2, 0.25) is 0 Å². The van der Waals surface area contributed by atoms with Crippen molar-refractivity contribution in [2.24, 2.45) is 0 Å². The molecule has 1 aliphatic carbocycles. The smallest absolute Gasteiger partial charge is 0.0872 e. The number of ether oxygens (including phenoxy) is 1. The van der Waals surface area contributed by atoms with Gasteiger partial charge in [-0.15, -0.1) is 0 Å². The fraction of sp³-hybridized carbons (Fsp3) is 0.684. The molecule has 0 amide bonds. The van der Waals surface area contributed by atoms with Crippen LogP contribution in [0.3, 0.4) is 0 Å². The summed E-state index contributed by atoms with van der Waals surface area (Å²) in [5, 5.41) is 3.55. The molecule has 21 heavy (non-hydrogen) atoms. The highest BCUT2D eigenvalue weighted by Crippen LogP contribution is 2.40. The van der Waals surface area contributed by atoms with Crippen molar-refractivity contribution in [1.29, 1.82) is 0 Å². The predicted molar refractivity (Wildman–Crippen MR) is 89.7 cm³/mol. The molecule has 1 fully saturated rings. The normalized spacial score (nSPS) is 20.0. The molecular weight excluding hydrogens is 258 g/mol. The second-order valence-corrected chi connectivity index (χ2v) is 6.40. The zero-order valence-corrected chi connectivity index (χ0v) is 14.0. The first-order chi connectivity index (χ1) is 10.3. The third-order valence-corrected chi connectivity index (χ3v) is 4.99. The van der Waals surface area contributed by atoms with E-state index in [2.05, 4.69) is 43.6 Å². The van der Waals surface area contributed by atoms with E-state index in [4.69, 9.17) is 4.74 Å². The third kappa shape index (κ3) is 3.87. The molecule has 1 aliphatic rings. The van der Waals surface area contributed by atoms with Crippen molar-refractivity contribution >= 4 is 0 Å². The minimum absolute atomic E-state index is 0.0455. The highest BCUT2D eigenvalue weighted by atomic mass is 16.5. The molecular formula is C19H31NO. The van der Waals surface area contributed by atoms with Gasteiger partial charge in [-0.2, -0.15) is 0 Å². The topological polar surface area (TPSA) is 21.3 Å². The van der Waals surface area contributed by atoms with E-state index in [9.17, 15) is 0 Å². The van der Waals surface area contributed by atoms with Crippen LogP contribution in [0.5, 0.6) is 0 Å². The molecule has 1 aromatic carbocycles. The highest BCUT2D eigenvalue weighted by Gasteiger charge is 2.39. The van der Waals surface area contributed by atoms with Crippen LogP contribution >= 0.6 is 0 Å². The number of hydrogen-bond acceptors (Lipinski definition) is 2. The maximum absolute atomic E-state index is 6.10. The monoisotopic (exact) mass is 289 g/mol. The van der Waals surface area contributed by atoms with E-state index >= 15 is 0 Å². The standard InChI is InChI=1S/C19H31NO/c1-4-10-16-11-9-12-17(15-16)18(20-2)19(21-3)13-7-5-6-8-14-19/h9,11-12,15,18,20H,4-8,10,13-14H2,1-3H3. The summed E-state index contributed by atoms with van der Waals surface area (Å²) < 4.78 is 6.10. The SMILES string of the molecule is CCCc1cccc(C(NC)C2(OC)CCCCCC2)c1. The Morgan fingerprint density at radius 2 is 1.90 bits per heavy atom. The molecule has 0 aromatic heterocycles. The summed E-state index contributed by atoms with van der Waals surface area (Å²) in [5.41, 5.74) is 2.78. The van der Waals surface area contributed by atoms with Crippen molar-refractivity contribution in [2.45, 2.75) is 69.9 Å². The van der Waals surface area contributed by atoms with Crippen molar-refractivity contribution < 1.29 is 4.74 Å². The van der Waals surface area contributed by atoms with Crippen LogP contribution in [0.15, 0.2) is 24.3 Å². The Labute approximate surface area is 130 Å². The Hall–Kier alpha value is -0.860. The van der Waals surface area contributed by atoms with Crippen molar-refractivity contribution in [1.82, 2.24) is 5.32 Å². The highest BCUT2D eigenvalue weighted by molar-refractivity contribution is 5.28. The number of rotatable bonds is 6. The molecule has 0 saturated heterocycles. The Balaban J connectivity index is 2.29. The first-order valence-electron chi connectivity index (χ1n) is 8.57. The number of benzene rings is 1. The second kappa shape index (κ2) is 7.95. The van der Waals surface area contributed by atoms with Crippen molar-refractivity contribution in [3.63, 3.8) is 0 Å². The van der Waals surface area contributed by atoms with E-state index in [1.54, 1.807) is 0 Å². The van der Waals surface area contributed by atoms with Gasteiger partial charge < -0.3 is 10.1 Å². The van der Waals surface area contributed by atoms with Crippen LogP contribution in [-0.4, -0.2) is 19.8 Å². The maximum Gasteiger partial charge on any atom is 0.0872 e. The first kappa shape index (κ1) is 16.5. The molecule has 1 N–H and O–H groups in total. The summed E-state index contributed by atoms with van der Waals surface area (Å²) >= 11 is 0. The molecule has 1 unspecified atom stereocenters. The fourth-order valence-electron chi connectivity index (χ4n) is 3.89. The minimum Gasteiger partial charge on any atom is -0.376 e. The van der Waals surface area contributed by atoms with Crippen LogP contribution in [0.25, 0.3) is 0 Å². The Kier molecular flexibility index (Phi) is 6.25. The fourth-order valence-corrected chi connectivity index (χ4v) is 3.89. The molecule has 2 rings (SSSR count). The summed E-state index contributed by atoms with van der Waals surface area (Å²) in [7, 11) is 3.97. The molecule has 1 aromatic rings. The molecule has 0 heterocycles. The van der Waals surface area contributed by atoms with Gasteiger partial charge in [-0.25, -0.2) is 0 Å². The van der Waals surface area contributed by atoms with Crippen LogP contribution in [0.4, 0.5) is 0 Å². The molecule has 1 saturated carbocycles. The lowest BCUT2D eigenvalue weighted by Gasteiger charge is -2.39. The first-order valence-corrected chi connectivity index (χ1v) is 8.57. The molecule has 0 aliphatic heterocycles. The van der Waals surface area contributed by atoms with Crippen molar-refractivity contribution in [2.75, 3.05) is 14.2 Å². The number of methoxy groups -OCH3 is 1. The van der Waals surface area contributed by atoms with Crippen LogP contribution in [0.1, 0.15) is 69.0 Å². The van der Waals surface area contributed by atoms with Crippen LogP contribution in [0.2, 0.25) is 0 Å². The lowest BCUT2D eigenvalue weighted by atomic mass is 9.81. The number of nitrogens with one attached hydrogen (secondary N) is 1. The van der Waals surface area contributed by atoms with Gasteiger partial charge in [-0.1, -0.05) is 63.3 Å². The van der Waals surface area contributed by atoms with E-state index in [0.717, 1.165) is 19.3 Å². The van der Waals surface area contributed by atoms with Gasteiger partial charge in [-0.3, -0.25) is 0 Å². The molecule has 118 valence electrons. The molecule has 1 atom stereocenters. The van der Waals surface area contributed by atoms with Crippen LogP contribution in [-0.2, 0) is 11.2 Å². The Morgan fingerprint density at radius 3 is 2.48 bits per heavy atom. The van der Waals surface area contributed by atoms with Gasteiger partial charge in [0.15, 0.2) is 0 Å². The van der Waals surface area contributed by atoms with E-state index in [1.807, 2.05) is 7.11 Å². The molecule has 2 nitrogen and oxygen atoms in total. The van der Waals surface area contributed by atoms with Gasteiger partial charge in [0.1, 0.15) is 0 Å². The predicted octanol–water partition coefficient (Wildman–Crippen LogP) is 4.64. The molecule has 0 radical (unpaired) electrons. The summed E-state index contributed by atoms with van der Waals surface area (Å²) in [6.07, 6.45) is 9.92. The maximum atomic E-state index is 6.10. The van der Waals surface area contributed by atoms with Crippen LogP contribution in [0, 0.1) is 0 Å². The number of likely N-dealkylation sites (N-methyl/N-ethyl adjacent to an activating group) is 1. The number of aryl methyl sites for hydroxylation is 1. The zero-order chi connectivity index (χ0) is 15.1. The second-order valence-electron chi connectivity index (χ2n) is 6.40. The third-order valence-electron chi connectivity index (χ3n) is 4.99. The summed E-state index contributed by atoms with van der Waals surface area (Å²) in [6, 6.07) is 9.36. The average molecular weight is 289 g/mol. The summed E-state index contributed by atoms with van der Waals surface area (Å²) in [6.45, 7) is 2.24. The van der Waals surface area contributed by atoms with Crippen molar-refractivity contribution in [3.05, 3.63) is 35.4 Å². The van der Waals surface area contributed by atoms with Gasteiger partial charge >= 0.3 is 0 Å². The van der Waals surface area contributed by atoms with Gasteiger partial charge in [0.25, 0.3) is 0 Å². The molecule has 2 heteroatoms. The van der Waals surface area contributed by atoms with E-state index in [1.165, 1.54) is 43.2 Å². The molecule has 0 spiro atoms. The Morgan fingerprint density at radius 1 is 1.19 bits per heavy atom. The lowest BCUT2D eigenvalue weighted by Crippen LogP contribution is -2.44. The average Bonchev–Trinajstić information content (AvgIpc) is 2.75. The van der Waals surface area contributed by atoms with E-state index < -0.39 is 0 Å². The van der Waals surface area contributed by atoms with Crippen molar-refractivity contribution in [3.8, 4) is 0 Å². The van der Waals surface area contributed by atoms with E-state index in [0.29, 0.717) is 0 Å². The minimum atomic E-state index is -0.0455. The number of hydrogen-bond donors (Lipinski definition) is 1. The zero-order valence-electron chi connectivity index (χ0n) is 14.0. The largest absolute Gasteiger partial charge is 0.376 e. The Bertz CT molecular complexity index is 421. The lowest BCUT2D eigenvalue weighted by molar-refractivity contribution is -0.0522. The molecule has 0 bridgehead atoms. The van der Waals surface area contributed by atoms with Crippen LogP contribution < -0.4 is 5.32 Å². The van der Waals surface area contributed by atoms with Gasteiger partial charge in [-0.05, 0) is 37.4 Å². The summed E-state index contributed by atoms with van der Waals surface area (Å²) in [4.78, 5) is 0.